The van der Waals surface area contributed by atoms with Gasteiger partial charge in [0.25, 0.3) is 17.8 Å². The summed E-state index contributed by atoms with van der Waals surface area (Å²) < 4.78 is 159. The zero-order valence-corrected chi connectivity index (χ0v) is 59.1. The fourth-order valence-corrected chi connectivity index (χ4v) is 11.3. The van der Waals surface area contributed by atoms with Crippen LogP contribution in [0.3, 0.4) is 0 Å². The Balaban J connectivity index is 0.000000132. The Kier molecular flexibility index (Phi) is 22.9. The van der Waals surface area contributed by atoms with E-state index in [2.05, 4.69) is 116 Å². The Bertz CT molecular complexity index is 5990. The third-order valence-corrected chi connectivity index (χ3v) is 16.1. The highest BCUT2D eigenvalue weighted by atomic mass is 19.4. The molecule has 113 heavy (non-hydrogen) atoms. The van der Waals surface area contributed by atoms with Crippen molar-refractivity contribution in [2.75, 3.05) is 27.0 Å². The maximum absolute atomic E-state index is 14.0. The van der Waals surface area contributed by atoms with Crippen molar-refractivity contribution in [2.45, 2.75) is 66.5 Å². The van der Waals surface area contributed by atoms with Crippen LogP contribution >= 0.6 is 0 Å². The van der Waals surface area contributed by atoms with Crippen molar-refractivity contribution >= 4 is 96.2 Å². The van der Waals surface area contributed by atoms with E-state index >= 15 is 0 Å². The number of alkyl halides is 9. The number of para-hydroxylation sites is 7. The van der Waals surface area contributed by atoms with Gasteiger partial charge in [0.2, 0.25) is 17.8 Å². The summed E-state index contributed by atoms with van der Waals surface area (Å²) in [5.41, 5.74) is 12.7. The second-order valence-electron chi connectivity index (χ2n) is 23.6. The van der Waals surface area contributed by atoms with Gasteiger partial charge in [-0.05, 0) is 147 Å². The minimum absolute atomic E-state index is 0.0444. The van der Waals surface area contributed by atoms with Gasteiger partial charge in [-0.3, -0.25) is 18.3 Å². The van der Waals surface area contributed by atoms with Crippen LogP contribution in [0.25, 0.3) is 67.9 Å². The highest BCUT2D eigenvalue weighted by molar-refractivity contribution is 5.81. The van der Waals surface area contributed by atoms with Crippen molar-refractivity contribution in [1.82, 2.24) is 98.7 Å². The molecule has 16 aromatic rings. The zero-order chi connectivity index (χ0) is 79.5. The maximum atomic E-state index is 14.0. The van der Waals surface area contributed by atoms with E-state index < -0.39 is 49.0 Å². The molecule has 0 fully saturated rings. The SMILES string of the molecule is CCc1nc2ccccc2n1-c1nncc(Nc2ccc(C(F)(F)F)cc2)n1.CCc1nc2ccccc2n1-c1nncc(Nc2ccc(OC(F)F)cc2)n1.Cc1nc2c(F)cccc2n1-c1nc(N)nc(Nc2ccc(OC(F)F)c(F)c2)n1.Cc1nc2ccccc2n1-c1nncc(Nc2ccc(OC(F)F)cc2)n1. The van der Waals surface area contributed by atoms with E-state index in [4.69, 9.17) is 5.73 Å². The van der Waals surface area contributed by atoms with Crippen LogP contribution in [0.2, 0.25) is 0 Å². The average molecular weight is 1550 g/mol. The maximum Gasteiger partial charge on any atom is 0.416 e. The first-order valence-electron chi connectivity index (χ1n) is 33.7. The minimum Gasteiger partial charge on any atom is -0.435 e. The number of anilines is 9. The average Bonchev–Trinajstić information content (AvgIpc) is 1.66. The van der Waals surface area contributed by atoms with Gasteiger partial charge in [-0.25, -0.2) is 28.7 Å². The third-order valence-electron chi connectivity index (χ3n) is 16.1. The Labute approximate surface area is 630 Å². The lowest BCUT2D eigenvalue weighted by Gasteiger charge is -2.11. The molecule has 0 spiro atoms. The molecule has 0 bridgehead atoms. The van der Waals surface area contributed by atoms with E-state index in [1.54, 1.807) is 37.3 Å². The Morgan fingerprint density at radius 3 is 1.27 bits per heavy atom. The number of fused-ring (bicyclic) bond motifs is 4. The van der Waals surface area contributed by atoms with E-state index in [1.165, 1.54) is 77.8 Å². The van der Waals surface area contributed by atoms with Crippen LogP contribution < -0.4 is 41.2 Å². The number of aryl methyl sites for hydroxylation is 4. The molecule has 6 N–H and O–H groups in total. The molecule has 0 atom stereocenters. The highest BCUT2D eigenvalue weighted by Gasteiger charge is 2.30. The number of nitrogens with zero attached hydrogens (tertiary/aromatic N) is 20. The van der Waals surface area contributed by atoms with Crippen molar-refractivity contribution in [3.05, 3.63) is 241 Å². The number of hydrogen-bond donors (Lipinski definition) is 5. The predicted octanol–water partition coefficient (Wildman–Crippen LogP) is 16.2. The summed E-state index contributed by atoms with van der Waals surface area (Å²) >= 11 is 0. The van der Waals surface area contributed by atoms with E-state index in [1.807, 2.05) is 107 Å². The zero-order valence-electron chi connectivity index (χ0n) is 59.1. The van der Waals surface area contributed by atoms with Crippen LogP contribution in [0, 0.1) is 25.5 Å². The van der Waals surface area contributed by atoms with E-state index in [9.17, 15) is 48.3 Å². The van der Waals surface area contributed by atoms with Crippen LogP contribution in [0.5, 0.6) is 17.2 Å². The van der Waals surface area contributed by atoms with Gasteiger partial charge in [0.15, 0.2) is 34.8 Å². The number of nitrogens with two attached hydrogens (primary N) is 1. The number of rotatable bonds is 20. The largest absolute Gasteiger partial charge is 0.435 e. The van der Waals surface area contributed by atoms with Gasteiger partial charge < -0.3 is 41.2 Å². The molecule has 0 unspecified atom stereocenters. The number of aromatic nitrogens is 20. The summed E-state index contributed by atoms with van der Waals surface area (Å²) in [7, 11) is 0. The predicted molar refractivity (Wildman–Crippen MR) is 394 cm³/mol. The van der Waals surface area contributed by atoms with Gasteiger partial charge in [-0.2, -0.15) is 84.7 Å². The van der Waals surface area contributed by atoms with Crippen LogP contribution in [0.1, 0.15) is 42.7 Å². The number of imidazole rings is 4. The number of ether oxygens (including phenoxy) is 3. The number of halogens is 11. The molecule has 39 heteroatoms. The first-order valence-corrected chi connectivity index (χ1v) is 33.7. The lowest BCUT2D eigenvalue weighted by Crippen LogP contribution is -2.10. The molecular formula is C74H58F11N25O3. The molecule has 16 rings (SSSR count). The molecule has 0 saturated carbocycles. The molecule has 8 heterocycles. The molecule has 0 radical (unpaired) electrons. The minimum atomic E-state index is -4.37. The fourth-order valence-electron chi connectivity index (χ4n) is 11.3. The standard InChI is InChI=1S/C19H15F3N6.C19H16F2N6O.C18H13F4N7O.C18H14F2N6O/c1-2-17-25-14-5-3-4-6-15(14)28(17)18-26-16(11-23-27-18)24-13-9-7-12(8-10-13)19(20,21)22;1-2-17-24-14-5-3-4-6-15(14)27(17)19-25-16(11-22-26-19)23-12-7-9-13(10-8-12)28-18(20)21;1-8-24-14-10(19)3-2-4-12(14)29(8)18-27-16(23)26-17(28-18)25-9-5-6-13(11(20)7-9)30-15(21)22;1-11-22-14-4-2-3-5-15(14)26(11)18-24-16(10-21-25-18)23-12-6-8-13(9-7-12)27-17(19)20/h3-11H,2H2,1H3,(H,24,26,27);3-11,18H,2H2,1H3,(H,23,25,26);2-7,15H,1H3,(H3,23,25,26,27,28);2-10,17H,1H3,(H,23,24,25). The molecule has 0 amide bonds. The normalized spacial score (nSPS) is 11.3. The van der Waals surface area contributed by atoms with Gasteiger partial charge in [0, 0.05) is 41.7 Å². The Hall–Kier alpha value is -14.7. The number of nitrogen functional groups attached to an aromatic ring is 1. The Morgan fingerprint density at radius 2 is 0.814 bits per heavy atom. The van der Waals surface area contributed by atoms with Gasteiger partial charge in [0.05, 0.1) is 62.8 Å². The number of nitrogens with one attached hydrogen (secondary N) is 4. The lowest BCUT2D eigenvalue weighted by atomic mass is 10.2. The molecule has 0 saturated heterocycles. The second-order valence-corrected chi connectivity index (χ2v) is 23.6. The first-order chi connectivity index (χ1) is 54.5. The molecule has 8 aromatic heterocycles. The first kappa shape index (κ1) is 76.5. The van der Waals surface area contributed by atoms with Gasteiger partial charge in [-0.15, -0.1) is 15.3 Å². The quantitative estimate of drug-likeness (QED) is 0.0443. The molecule has 0 aliphatic carbocycles. The fraction of sp³-hybridized carbons (Fsp3) is 0.135. The summed E-state index contributed by atoms with van der Waals surface area (Å²) in [5, 5.41) is 36.2. The molecule has 8 aromatic carbocycles. The summed E-state index contributed by atoms with van der Waals surface area (Å²) in [6.45, 7) is -1.36. The van der Waals surface area contributed by atoms with Crippen molar-refractivity contribution in [2.24, 2.45) is 0 Å². The summed E-state index contributed by atoms with van der Waals surface area (Å²) in [6.07, 6.45) is 1.38. The molecule has 28 nitrogen and oxygen atoms in total. The smallest absolute Gasteiger partial charge is 0.416 e. The van der Waals surface area contributed by atoms with E-state index in [-0.39, 0.29) is 40.5 Å². The van der Waals surface area contributed by atoms with Crippen molar-refractivity contribution in [3.63, 3.8) is 0 Å². The molecule has 574 valence electrons. The third kappa shape index (κ3) is 18.4. The number of hydrogen-bond acceptors (Lipinski definition) is 24. The van der Waals surface area contributed by atoms with E-state index in [0.29, 0.717) is 76.5 Å². The lowest BCUT2D eigenvalue weighted by molar-refractivity contribution is -0.137. The van der Waals surface area contributed by atoms with Gasteiger partial charge in [0.1, 0.15) is 40.3 Å². The van der Waals surface area contributed by atoms with Crippen molar-refractivity contribution in [1.29, 1.82) is 0 Å². The van der Waals surface area contributed by atoms with Gasteiger partial charge in [-0.1, -0.05) is 56.3 Å². The number of benzene rings is 8. The molecule has 0 aliphatic heterocycles. The van der Waals surface area contributed by atoms with Gasteiger partial charge >= 0.3 is 26.0 Å². The van der Waals surface area contributed by atoms with E-state index in [0.717, 1.165) is 74.8 Å². The van der Waals surface area contributed by atoms with Crippen molar-refractivity contribution in [3.8, 4) is 41.0 Å². The van der Waals surface area contributed by atoms with Crippen LogP contribution in [-0.4, -0.2) is 119 Å². The summed E-state index contributed by atoms with van der Waals surface area (Å²) in [6, 6.07) is 47.7. The molecule has 0 aliphatic rings. The highest BCUT2D eigenvalue weighted by Crippen LogP contribution is 2.33. The second kappa shape index (κ2) is 33.8. The van der Waals surface area contributed by atoms with Crippen LogP contribution in [-0.2, 0) is 19.0 Å². The van der Waals surface area contributed by atoms with Crippen LogP contribution in [0.15, 0.2) is 201 Å². The van der Waals surface area contributed by atoms with Crippen molar-refractivity contribution < 1.29 is 62.5 Å². The molecular weight excluding hydrogens is 1500 g/mol. The topological polar surface area (TPSA) is 328 Å². The van der Waals surface area contributed by atoms with Crippen LogP contribution in [0.4, 0.5) is 100 Å². The Morgan fingerprint density at radius 1 is 0.398 bits per heavy atom. The summed E-state index contributed by atoms with van der Waals surface area (Å²) in [5.74, 6) is 3.08. The summed E-state index contributed by atoms with van der Waals surface area (Å²) in [4.78, 5) is 43.6. The monoisotopic (exact) mass is 1550 g/mol.